The van der Waals surface area contributed by atoms with Crippen molar-refractivity contribution in [3.8, 4) is 0 Å². The Bertz CT molecular complexity index is 593. The Kier molecular flexibility index (Phi) is 2.62. The minimum Gasteiger partial charge on any atom is -0.481 e. The number of rotatable bonds is 2. The summed E-state index contributed by atoms with van der Waals surface area (Å²) < 4.78 is 0. The summed E-state index contributed by atoms with van der Waals surface area (Å²) in [5.74, 6) is -1.61. The zero-order valence-electron chi connectivity index (χ0n) is 10.3. The fourth-order valence-electron chi connectivity index (χ4n) is 2.73. The molecule has 3 rings (SSSR count). The Labute approximate surface area is 109 Å². The maximum atomic E-state index is 11.8. The van der Waals surface area contributed by atoms with Crippen LogP contribution in [0.25, 0.3) is 0 Å². The lowest BCUT2D eigenvalue weighted by Gasteiger charge is -2.17. The fourth-order valence-corrected chi connectivity index (χ4v) is 2.73. The zero-order valence-corrected chi connectivity index (χ0v) is 10.3. The van der Waals surface area contributed by atoms with Crippen LogP contribution < -0.4 is 4.90 Å². The van der Waals surface area contributed by atoms with E-state index in [1.54, 1.807) is 12.1 Å². The first kappa shape index (κ1) is 11.9. The summed E-state index contributed by atoms with van der Waals surface area (Å²) >= 11 is 0. The second kappa shape index (κ2) is 4.19. The molecule has 0 saturated carbocycles. The largest absolute Gasteiger partial charge is 0.481 e. The summed E-state index contributed by atoms with van der Waals surface area (Å²) in [6, 6.07) is 5.30. The number of nitrogens with zero attached hydrogens (tertiary/aromatic N) is 1. The molecule has 0 radical (unpaired) electrons. The van der Waals surface area contributed by atoms with E-state index in [4.69, 9.17) is 5.11 Å². The van der Waals surface area contributed by atoms with Crippen molar-refractivity contribution in [3.63, 3.8) is 0 Å². The van der Waals surface area contributed by atoms with Gasteiger partial charge in [0.25, 0.3) is 0 Å². The molecule has 0 spiro atoms. The number of carbonyl (C=O) groups excluding carboxylic acids is 2. The molecule has 1 atom stereocenters. The van der Waals surface area contributed by atoms with Gasteiger partial charge in [-0.2, -0.15) is 0 Å². The Morgan fingerprint density at radius 3 is 2.74 bits per heavy atom. The van der Waals surface area contributed by atoms with Gasteiger partial charge in [0.05, 0.1) is 5.92 Å². The molecule has 1 N–H and O–H groups in total. The SMILES string of the molecule is O=C1CCc2cc(N3CC(C(=O)O)CC3=O)ccc21. The Morgan fingerprint density at radius 2 is 2.05 bits per heavy atom. The van der Waals surface area contributed by atoms with E-state index in [-0.39, 0.29) is 24.7 Å². The predicted molar refractivity (Wildman–Crippen MR) is 67.2 cm³/mol. The van der Waals surface area contributed by atoms with Crippen LogP contribution in [0.5, 0.6) is 0 Å². The second-order valence-corrected chi connectivity index (χ2v) is 5.01. The highest BCUT2D eigenvalue weighted by atomic mass is 16.4. The van der Waals surface area contributed by atoms with Crippen LogP contribution in [-0.4, -0.2) is 29.3 Å². The van der Waals surface area contributed by atoms with Crippen LogP contribution in [0.2, 0.25) is 0 Å². The lowest BCUT2D eigenvalue weighted by Crippen LogP contribution is -2.25. The van der Waals surface area contributed by atoms with Gasteiger partial charge >= 0.3 is 5.97 Å². The molecule has 19 heavy (non-hydrogen) atoms. The van der Waals surface area contributed by atoms with E-state index in [0.717, 1.165) is 11.1 Å². The molecule has 1 aromatic carbocycles. The van der Waals surface area contributed by atoms with Gasteiger partial charge in [-0.1, -0.05) is 0 Å². The van der Waals surface area contributed by atoms with E-state index in [1.807, 2.05) is 6.07 Å². The van der Waals surface area contributed by atoms with Crippen LogP contribution in [0.15, 0.2) is 18.2 Å². The molecule has 1 aliphatic heterocycles. The first-order chi connectivity index (χ1) is 9.06. The molecule has 2 aliphatic rings. The van der Waals surface area contributed by atoms with E-state index >= 15 is 0 Å². The van der Waals surface area contributed by atoms with Crippen LogP contribution in [0.4, 0.5) is 5.69 Å². The van der Waals surface area contributed by atoms with Gasteiger partial charge in [0.2, 0.25) is 5.91 Å². The molecule has 5 heteroatoms. The average Bonchev–Trinajstić information content (AvgIpc) is 2.93. The molecular formula is C14H13NO4. The third-order valence-electron chi connectivity index (χ3n) is 3.80. The van der Waals surface area contributed by atoms with E-state index in [1.165, 1.54) is 4.90 Å². The molecule has 1 fully saturated rings. The van der Waals surface area contributed by atoms with Crippen LogP contribution in [0, 0.1) is 5.92 Å². The van der Waals surface area contributed by atoms with Gasteiger partial charge in [0.1, 0.15) is 0 Å². The molecule has 1 amide bonds. The van der Waals surface area contributed by atoms with E-state index in [0.29, 0.717) is 18.5 Å². The van der Waals surface area contributed by atoms with Crippen molar-refractivity contribution in [2.45, 2.75) is 19.3 Å². The number of carboxylic acid groups (broad SMARTS) is 1. The molecular weight excluding hydrogens is 246 g/mol. The maximum Gasteiger partial charge on any atom is 0.308 e. The molecule has 1 aromatic rings. The van der Waals surface area contributed by atoms with Crippen LogP contribution >= 0.6 is 0 Å². The van der Waals surface area contributed by atoms with Gasteiger partial charge in [0.15, 0.2) is 5.78 Å². The number of aliphatic carboxylic acids is 1. The van der Waals surface area contributed by atoms with E-state index in [9.17, 15) is 14.4 Å². The lowest BCUT2D eigenvalue weighted by molar-refractivity contribution is -0.141. The number of ketones is 1. The molecule has 0 bridgehead atoms. The first-order valence-electron chi connectivity index (χ1n) is 6.25. The highest BCUT2D eigenvalue weighted by Crippen LogP contribution is 2.30. The summed E-state index contributed by atoms with van der Waals surface area (Å²) in [7, 11) is 0. The number of hydrogen-bond donors (Lipinski definition) is 1. The van der Waals surface area contributed by atoms with Gasteiger partial charge in [-0.3, -0.25) is 14.4 Å². The third kappa shape index (κ3) is 1.91. The number of aryl methyl sites for hydroxylation is 1. The molecule has 1 saturated heterocycles. The molecule has 1 aliphatic carbocycles. The minimum absolute atomic E-state index is 0.0470. The van der Waals surface area contributed by atoms with Gasteiger partial charge in [-0.05, 0) is 30.2 Å². The third-order valence-corrected chi connectivity index (χ3v) is 3.80. The summed E-state index contributed by atoms with van der Waals surface area (Å²) in [5, 5.41) is 8.96. The summed E-state index contributed by atoms with van der Waals surface area (Å²) in [5.41, 5.74) is 2.38. The molecule has 1 unspecified atom stereocenters. The number of benzene rings is 1. The summed E-state index contributed by atoms with van der Waals surface area (Å²) in [6.07, 6.45) is 1.27. The lowest BCUT2D eigenvalue weighted by atomic mass is 10.1. The monoisotopic (exact) mass is 259 g/mol. The van der Waals surface area contributed by atoms with Crippen molar-refractivity contribution >= 4 is 23.3 Å². The smallest absolute Gasteiger partial charge is 0.308 e. The summed E-state index contributed by atoms with van der Waals surface area (Å²) in [4.78, 5) is 35.8. The maximum absolute atomic E-state index is 11.8. The van der Waals surface area contributed by atoms with Crippen molar-refractivity contribution in [1.82, 2.24) is 0 Å². The minimum atomic E-state index is -0.938. The van der Waals surface area contributed by atoms with Crippen molar-refractivity contribution in [2.75, 3.05) is 11.4 Å². The number of amides is 1. The summed E-state index contributed by atoms with van der Waals surface area (Å²) in [6.45, 7) is 0.209. The van der Waals surface area contributed by atoms with Gasteiger partial charge in [-0.25, -0.2) is 0 Å². The molecule has 98 valence electrons. The molecule has 5 nitrogen and oxygen atoms in total. The fraction of sp³-hybridized carbons (Fsp3) is 0.357. The van der Waals surface area contributed by atoms with E-state index in [2.05, 4.69) is 0 Å². The van der Waals surface area contributed by atoms with Crippen molar-refractivity contribution in [2.24, 2.45) is 5.92 Å². The molecule has 0 aromatic heterocycles. The topological polar surface area (TPSA) is 74.7 Å². The van der Waals surface area contributed by atoms with Crippen molar-refractivity contribution in [1.29, 1.82) is 0 Å². The zero-order chi connectivity index (χ0) is 13.6. The Balaban J connectivity index is 1.90. The van der Waals surface area contributed by atoms with Crippen LogP contribution in [-0.2, 0) is 16.0 Å². The Hall–Kier alpha value is -2.17. The van der Waals surface area contributed by atoms with Gasteiger partial charge in [-0.15, -0.1) is 0 Å². The van der Waals surface area contributed by atoms with Crippen molar-refractivity contribution in [3.05, 3.63) is 29.3 Å². The highest BCUT2D eigenvalue weighted by molar-refractivity contribution is 6.03. The number of anilines is 1. The number of Topliss-reactive ketones (excluding diaryl/α,β-unsaturated/α-hetero) is 1. The average molecular weight is 259 g/mol. The number of fused-ring (bicyclic) bond motifs is 1. The van der Waals surface area contributed by atoms with Crippen LogP contribution in [0.3, 0.4) is 0 Å². The second-order valence-electron chi connectivity index (χ2n) is 5.01. The standard InChI is InChI=1S/C14H13NO4/c16-12-4-1-8-5-10(2-3-11(8)12)15-7-9(14(18)19)6-13(15)17/h2-3,5,9H,1,4,6-7H2,(H,18,19). The van der Waals surface area contributed by atoms with Gasteiger partial charge < -0.3 is 10.0 Å². The highest BCUT2D eigenvalue weighted by Gasteiger charge is 2.35. The quantitative estimate of drug-likeness (QED) is 0.867. The number of carbonyl (C=O) groups is 3. The van der Waals surface area contributed by atoms with Crippen LogP contribution in [0.1, 0.15) is 28.8 Å². The predicted octanol–water partition coefficient (Wildman–Crippen LogP) is 1.25. The molecule has 1 heterocycles. The Morgan fingerprint density at radius 1 is 1.26 bits per heavy atom. The number of carboxylic acids is 1. The van der Waals surface area contributed by atoms with Crippen molar-refractivity contribution < 1.29 is 19.5 Å². The van der Waals surface area contributed by atoms with E-state index < -0.39 is 11.9 Å². The number of hydrogen-bond acceptors (Lipinski definition) is 3. The normalized spacial score (nSPS) is 21.9. The first-order valence-corrected chi connectivity index (χ1v) is 6.25. The van der Waals surface area contributed by atoms with Gasteiger partial charge in [0, 0.05) is 30.6 Å².